The van der Waals surface area contributed by atoms with Gasteiger partial charge in [-0.2, -0.15) is 0 Å². The fourth-order valence-electron chi connectivity index (χ4n) is 2.96. The molecule has 0 saturated heterocycles. The van der Waals surface area contributed by atoms with E-state index in [0.717, 1.165) is 0 Å². The molecule has 1 heterocycles. The summed E-state index contributed by atoms with van der Waals surface area (Å²) in [6.07, 6.45) is 0. The van der Waals surface area contributed by atoms with Crippen molar-refractivity contribution in [1.29, 1.82) is 0 Å². The maximum atomic E-state index is 12.5. The molecule has 0 aromatic heterocycles. The molecule has 1 atom stereocenters. The van der Waals surface area contributed by atoms with Gasteiger partial charge in [-0.15, -0.1) is 0 Å². The van der Waals surface area contributed by atoms with Crippen molar-refractivity contribution < 1.29 is 23.9 Å². The molecule has 0 amide bonds. The van der Waals surface area contributed by atoms with Gasteiger partial charge in [0.05, 0.1) is 11.5 Å². The Labute approximate surface area is 127 Å². The fraction of sp³-hybridized carbons (Fsp3) is 0.353. The van der Waals surface area contributed by atoms with Gasteiger partial charge in [-0.25, -0.2) is 0 Å². The number of carbonyl (C=O) groups is 3. The Hall–Kier alpha value is -2.43. The minimum atomic E-state index is -0.729. The zero-order valence-electron chi connectivity index (χ0n) is 12.6. The zero-order chi connectivity index (χ0) is 16.1. The lowest BCUT2D eigenvalue weighted by atomic mass is 9.79. The van der Waals surface area contributed by atoms with E-state index in [1.54, 1.807) is 24.3 Å². The van der Waals surface area contributed by atoms with Gasteiger partial charge in [0.1, 0.15) is 18.0 Å². The molecule has 1 aromatic carbocycles. The van der Waals surface area contributed by atoms with Crippen molar-refractivity contribution in [3.8, 4) is 0 Å². The van der Waals surface area contributed by atoms with Crippen LogP contribution in [0.4, 0.5) is 0 Å². The third kappa shape index (κ3) is 2.04. The SMILES string of the molecule is CC(=O)OCC1C2=C(OC1(C)C)c1ccccc1C(=O)C2=O. The van der Waals surface area contributed by atoms with E-state index in [2.05, 4.69) is 0 Å². The summed E-state index contributed by atoms with van der Waals surface area (Å²) < 4.78 is 11.0. The second-order valence-electron chi connectivity index (χ2n) is 6.01. The van der Waals surface area contributed by atoms with Gasteiger partial charge in [0.15, 0.2) is 0 Å². The standard InChI is InChI=1S/C17H16O5/c1-9(18)21-8-12-13-15(20)14(19)10-6-4-5-7-11(10)16(13)22-17(12,2)3/h4-7,12H,8H2,1-3H3. The highest BCUT2D eigenvalue weighted by Crippen LogP contribution is 2.47. The highest BCUT2D eigenvalue weighted by Gasteiger charge is 2.50. The lowest BCUT2D eigenvalue weighted by Crippen LogP contribution is -2.36. The second-order valence-corrected chi connectivity index (χ2v) is 6.01. The van der Waals surface area contributed by atoms with Crippen LogP contribution in [0.1, 0.15) is 36.7 Å². The Kier molecular flexibility index (Phi) is 3.16. The van der Waals surface area contributed by atoms with E-state index in [9.17, 15) is 14.4 Å². The minimum Gasteiger partial charge on any atom is -0.486 e. The van der Waals surface area contributed by atoms with Crippen LogP contribution in [-0.2, 0) is 19.1 Å². The molecule has 5 heteroatoms. The number of ether oxygens (including phenoxy) is 2. The van der Waals surface area contributed by atoms with Gasteiger partial charge in [-0.1, -0.05) is 24.3 Å². The fourth-order valence-corrected chi connectivity index (χ4v) is 2.96. The van der Waals surface area contributed by atoms with Crippen molar-refractivity contribution in [3.05, 3.63) is 41.0 Å². The second kappa shape index (κ2) is 4.80. The molecule has 0 bridgehead atoms. The van der Waals surface area contributed by atoms with E-state index < -0.39 is 29.1 Å². The maximum Gasteiger partial charge on any atom is 0.302 e. The predicted molar refractivity (Wildman–Crippen MR) is 78.0 cm³/mol. The molecule has 1 aliphatic carbocycles. The molecule has 22 heavy (non-hydrogen) atoms. The van der Waals surface area contributed by atoms with Crippen molar-refractivity contribution >= 4 is 23.3 Å². The molecule has 0 fully saturated rings. The Balaban J connectivity index is 2.11. The van der Waals surface area contributed by atoms with Gasteiger partial charge in [-0.3, -0.25) is 14.4 Å². The summed E-state index contributed by atoms with van der Waals surface area (Å²) in [6.45, 7) is 4.96. The average molecular weight is 300 g/mol. The number of carbonyl (C=O) groups excluding carboxylic acids is 3. The summed E-state index contributed by atoms with van der Waals surface area (Å²) in [5, 5.41) is 0. The van der Waals surface area contributed by atoms with Crippen LogP contribution in [0.15, 0.2) is 29.8 Å². The van der Waals surface area contributed by atoms with Crippen molar-refractivity contribution in [3.63, 3.8) is 0 Å². The minimum absolute atomic E-state index is 0.0162. The Morgan fingerprint density at radius 1 is 1.18 bits per heavy atom. The monoisotopic (exact) mass is 300 g/mol. The summed E-state index contributed by atoms with van der Waals surface area (Å²) >= 11 is 0. The number of ketones is 2. The Morgan fingerprint density at radius 3 is 2.45 bits per heavy atom. The van der Waals surface area contributed by atoms with Crippen molar-refractivity contribution in [2.24, 2.45) is 5.92 Å². The van der Waals surface area contributed by atoms with Gasteiger partial charge in [-0.05, 0) is 13.8 Å². The van der Waals surface area contributed by atoms with Crippen LogP contribution < -0.4 is 0 Å². The number of fused-ring (bicyclic) bond motifs is 2. The molecule has 2 aliphatic rings. The number of hydrogen-bond acceptors (Lipinski definition) is 5. The summed E-state index contributed by atoms with van der Waals surface area (Å²) in [7, 11) is 0. The number of esters is 1. The molecule has 1 aromatic rings. The zero-order valence-corrected chi connectivity index (χ0v) is 12.6. The molecule has 0 N–H and O–H groups in total. The first kappa shape index (κ1) is 14.5. The maximum absolute atomic E-state index is 12.5. The van der Waals surface area contributed by atoms with E-state index in [4.69, 9.17) is 9.47 Å². The number of rotatable bonds is 2. The quantitative estimate of drug-likeness (QED) is 0.618. The third-order valence-electron chi connectivity index (χ3n) is 4.12. The summed E-state index contributed by atoms with van der Waals surface area (Å²) in [5.74, 6) is -1.57. The Bertz CT molecular complexity index is 726. The largest absolute Gasteiger partial charge is 0.486 e. The molecule has 1 aliphatic heterocycles. The van der Waals surface area contributed by atoms with E-state index >= 15 is 0 Å². The molecular formula is C17H16O5. The molecule has 3 rings (SSSR count). The normalized spacial score (nSPS) is 22.0. The van der Waals surface area contributed by atoms with Crippen LogP contribution in [0.25, 0.3) is 5.76 Å². The van der Waals surface area contributed by atoms with E-state index in [0.29, 0.717) is 22.5 Å². The van der Waals surface area contributed by atoms with Gasteiger partial charge in [0, 0.05) is 18.1 Å². The lowest BCUT2D eigenvalue weighted by Gasteiger charge is -2.27. The van der Waals surface area contributed by atoms with Crippen molar-refractivity contribution in [1.82, 2.24) is 0 Å². The first-order valence-corrected chi connectivity index (χ1v) is 7.08. The molecule has 0 radical (unpaired) electrons. The average Bonchev–Trinajstić information content (AvgIpc) is 2.73. The number of benzene rings is 1. The molecule has 114 valence electrons. The van der Waals surface area contributed by atoms with E-state index in [-0.39, 0.29) is 6.61 Å². The number of Topliss-reactive ketones (excluding diaryl/α,β-unsaturated/α-hetero) is 2. The van der Waals surface area contributed by atoms with Crippen LogP contribution in [0.3, 0.4) is 0 Å². The van der Waals surface area contributed by atoms with E-state index in [1.807, 2.05) is 13.8 Å². The van der Waals surface area contributed by atoms with Gasteiger partial charge in [0.2, 0.25) is 11.6 Å². The van der Waals surface area contributed by atoms with Gasteiger partial charge >= 0.3 is 5.97 Å². The first-order chi connectivity index (χ1) is 10.3. The van der Waals surface area contributed by atoms with Crippen molar-refractivity contribution in [2.45, 2.75) is 26.4 Å². The summed E-state index contributed by atoms with van der Waals surface area (Å²) in [4.78, 5) is 35.9. The van der Waals surface area contributed by atoms with Gasteiger partial charge < -0.3 is 9.47 Å². The third-order valence-corrected chi connectivity index (χ3v) is 4.12. The van der Waals surface area contributed by atoms with Crippen LogP contribution in [0.5, 0.6) is 0 Å². The van der Waals surface area contributed by atoms with Crippen LogP contribution >= 0.6 is 0 Å². The van der Waals surface area contributed by atoms with Crippen LogP contribution in [-0.4, -0.2) is 29.7 Å². The molecule has 0 saturated carbocycles. The topological polar surface area (TPSA) is 69.7 Å². The van der Waals surface area contributed by atoms with Crippen molar-refractivity contribution in [2.75, 3.05) is 6.61 Å². The predicted octanol–water partition coefficient (Wildman–Crippen LogP) is 2.15. The summed E-state index contributed by atoms with van der Waals surface area (Å²) in [6, 6.07) is 6.89. The Morgan fingerprint density at radius 2 is 1.82 bits per heavy atom. The van der Waals surface area contributed by atoms with Crippen LogP contribution in [0, 0.1) is 5.92 Å². The molecule has 1 unspecified atom stereocenters. The lowest BCUT2D eigenvalue weighted by molar-refractivity contribution is -0.143. The number of hydrogen-bond donors (Lipinski definition) is 0. The van der Waals surface area contributed by atoms with E-state index in [1.165, 1.54) is 6.92 Å². The summed E-state index contributed by atoms with van der Waals surface area (Å²) in [5.41, 5.74) is 0.568. The highest BCUT2D eigenvalue weighted by atomic mass is 16.5. The highest BCUT2D eigenvalue weighted by molar-refractivity contribution is 6.52. The molecule has 0 spiro atoms. The first-order valence-electron chi connectivity index (χ1n) is 7.08. The smallest absolute Gasteiger partial charge is 0.302 e. The van der Waals surface area contributed by atoms with Gasteiger partial charge in [0.25, 0.3) is 0 Å². The molecule has 5 nitrogen and oxygen atoms in total. The van der Waals surface area contributed by atoms with Crippen LogP contribution in [0.2, 0.25) is 0 Å². The molecular weight excluding hydrogens is 284 g/mol.